The van der Waals surface area contributed by atoms with Crippen LogP contribution in [0.2, 0.25) is 0 Å². The minimum atomic E-state index is -0.782. The molecule has 0 radical (unpaired) electrons. The molecule has 1 unspecified atom stereocenters. The van der Waals surface area contributed by atoms with E-state index in [1.807, 2.05) is 30.4 Å². The Kier molecular flexibility index (Phi) is 3.65. The first-order valence-electron chi connectivity index (χ1n) is 6.97. The standard InChI is InChI=1S/C17H17FN4/c18-14-4-1-3-12(9-14)11-17(20)7-2-5-15(22-17)13-6-8-21-16(19)10-13/h1-10,22H,11,20H2,(H2,19,21). The molecule has 5 heteroatoms. The van der Waals surface area contributed by atoms with E-state index >= 15 is 0 Å². The van der Waals surface area contributed by atoms with Crippen molar-refractivity contribution in [3.8, 4) is 0 Å². The van der Waals surface area contributed by atoms with Crippen molar-refractivity contribution in [1.29, 1.82) is 0 Å². The number of allylic oxidation sites excluding steroid dienone is 2. The van der Waals surface area contributed by atoms with Gasteiger partial charge in [-0.2, -0.15) is 0 Å². The highest BCUT2D eigenvalue weighted by molar-refractivity contribution is 5.69. The van der Waals surface area contributed by atoms with Crippen molar-refractivity contribution in [3.63, 3.8) is 0 Å². The summed E-state index contributed by atoms with van der Waals surface area (Å²) in [6.45, 7) is 0. The molecule has 3 rings (SSSR count). The molecule has 0 bridgehead atoms. The van der Waals surface area contributed by atoms with E-state index in [9.17, 15) is 4.39 Å². The zero-order chi connectivity index (χ0) is 15.6. The second-order valence-electron chi connectivity index (χ2n) is 5.38. The molecule has 0 fully saturated rings. The Balaban J connectivity index is 1.82. The monoisotopic (exact) mass is 296 g/mol. The third kappa shape index (κ3) is 3.15. The fourth-order valence-electron chi connectivity index (χ4n) is 2.52. The first kappa shape index (κ1) is 14.3. The van der Waals surface area contributed by atoms with Gasteiger partial charge in [-0.3, -0.25) is 0 Å². The van der Waals surface area contributed by atoms with Crippen LogP contribution in [-0.2, 0) is 6.42 Å². The lowest BCUT2D eigenvalue weighted by atomic mass is 9.96. The summed E-state index contributed by atoms with van der Waals surface area (Å²) in [6.07, 6.45) is 7.80. The van der Waals surface area contributed by atoms with Crippen LogP contribution >= 0.6 is 0 Å². The van der Waals surface area contributed by atoms with Crippen LogP contribution in [0.25, 0.3) is 5.70 Å². The predicted molar refractivity (Wildman–Crippen MR) is 85.9 cm³/mol. The fourth-order valence-corrected chi connectivity index (χ4v) is 2.52. The highest BCUT2D eigenvalue weighted by Crippen LogP contribution is 2.22. The maximum Gasteiger partial charge on any atom is 0.123 e. The Morgan fingerprint density at radius 1 is 1.23 bits per heavy atom. The number of aromatic nitrogens is 1. The average Bonchev–Trinajstić information content (AvgIpc) is 2.47. The van der Waals surface area contributed by atoms with Crippen LogP contribution in [0.15, 0.2) is 60.8 Å². The molecule has 2 heterocycles. The van der Waals surface area contributed by atoms with Gasteiger partial charge in [0, 0.05) is 23.9 Å². The molecular formula is C17H17FN4. The minimum absolute atomic E-state index is 0.265. The number of nitrogens with one attached hydrogen (secondary N) is 1. The van der Waals surface area contributed by atoms with E-state index in [1.54, 1.807) is 18.3 Å². The molecule has 0 saturated heterocycles. The number of hydrogen-bond donors (Lipinski definition) is 3. The second kappa shape index (κ2) is 5.61. The van der Waals surface area contributed by atoms with Crippen LogP contribution < -0.4 is 16.8 Å². The van der Waals surface area contributed by atoms with E-state index in [1.165, 1.54) is 12.1 Å². The average molecular weight is 296 g/mol. The van der Waals surface area contributed by atoms with E-state index in [-0.39, 0.29) is 5.82 Å². The summed E-state index contributed by atoms with van der Waals surface area (Å²) in [5.74, 6) is 0.182. The van der Waals surface area contributed by atoms with E-state index < -0.39 is 5.66 Å². The van der Waals surface area contributed by atoms with E-state index in [0.717, 1.165) is 16.8 Å². The second-order valence-corrected chi connectivity index (χ2v) is 5.38. The number of nitrogen functional groups attached to an aromatic ring is 1. The third-order valence-corrected chi connectivity index (χ3v) is 3.50. The first-order valence-corrected chi connectivity index (χ1v) is 6.97. The van der Waals surface area contributed by atoms with Gasteiger partial charge in [-0.25, -0.2) is 9.37 Å². The van der Waals surface area contributed by atoms with Gasteiger partial charge in [0.2, 0.25) is 0 Å². The predicted octanol–water partition coefficient (Wildman–Crippen LogP) is 2.20. The Labute approximate surface area is 128 Å². The van der Waals surface area contributed by atoms with E-state index in [4.69, 9.17) is 11.5 Å². The lowest BCUT2D eigenvalue weighted by Crippen LogP contribution is -2.53. The van der Waals surface area contributed by atoms with Gasteiger partial charge < -0.3 is 16.8 Å². The number of halogens is 1. The molecule has 0 spiro atoms. The molecule has 1 aromatic carbocycles. The summed E-state index contributed by atoms with van der Waals surface area (Å²) in [4.78, 5) is 3.98. The number of rotatable bonds is 3. The van der Waals surface area contributed by atoms with Crippen LogP contribution in [0, 0.1) is 5.82 Å². The number of anilines is 1. The van der Waals surface area contributed by atoms with Crippen LogP contribution in [0.1, 0.15) is 11.1 Å². The zero-order valence-corrected chi connectivity index (χ0v) is 12.0. The summed E-state index contributed by atoms with van der Waals surface area (Å²) in [5.41, 5.74) is 13.9. The topological polar surface area (TPSA) is 77.0 Å². The van der Waals surface area contributed by atoms with Crippen LogP contribution in [0.4, 0.5) is 10.2 Å². The molecule has 1 aliphatic heterocycles. The highest BCUT2D eigenvalue weighted by Gasteiger charge is 2.25. The molecule has 1 aromatic heterocycles. The van der Waals surface area contributed by atoms with Gasteiger partial charge in [0.25, 0.3) is 0 Å². The summed E-state index contributed by atoms with van der Waals surface area (Å²) < 4.78 is 13.3. The molecule has 0 saturated carbocycles. The van der Waals surface area contributed by atoms with Gasteiger partial charge in [0.05, 0.1) is 0 Å². The van der Waals surface area contributed by atoms with Crippen molar-refractivity contribution in [2.24, 2.45) is 5.73 Å². The Morgan fingerprint density at radius 2 is 2.09 bits per heavy atom. The number of pyridine rings is 1. The molecule has 1 atom stereocenters. The van der Waals surface area contributed by atoms with Gasteiger partial charge in [-0.15, -0.1) is 0 Å². The van der Waals surface area contributed by atoms with E-state index in [2.05, 4.69) is 10.3 Å². The van der Waals surface area contributed by atoms with Gasteiger partial charge >= 0.3 is 0 Å². The Hall–Kier alpha value is -2.66. The summed E-state index contributed by atoms with van der Waals surface area (Å²) in [6, 6.07) is 10.1. The lowest BCUT2D eigenvalue weighted by Gasteiger charge is -2.32. The molecule has 0 amide bonds. The van der Waals surface area contributed by atoms with Crippen LogP contribution in [0.3, 0.4) is 0 Å². The zero-order valence-electron chi connectivity index (χ0n) is 12.0. The van der Waals surface area contributed by atoms with Crippen molar-refractivity contribution < 1.29 is 4.39 Å². The number of dihydropyridines is 1. The quantitative estimate of drug-likeness (QED) is 0.811. The van der Waals surface area contributed by atoms with Crippen molar-refractivity contribution in [1.82, 2.24) is 10.3 Å². The van der Waals surface area contributed by atoms with Crippen molar-refractivity contribution in [3.05, 3.63) is 77.8 Å². The molecule has 1 aliphatic rings. The fraction of sp³-hybridized carbons (Fsp3) is 0.118. The van der Waals surface area contributed by atoms with Gasteiger partial charge in [-0.1, -0.05) is 18.2 Å². The lowest BCUT2D eigenvalue weighted by molar-refractivity contribution is 0.474. The van der Waals surface area contributed by atoms with Crippen molar-refractivity contribution in [2.75, 3.05) is 5.73 Å². The Bertz CT molecular complexity index is 754. The summed E-state index contributed by atoms with van der Waals surface area (Å²) in [5, 5.41) is 3.29. The number of hydrogen-bond acceptors (Lipinski definition) is 4. The largest absolute Gasteiger partial charge is 0.384 e. The highest BCUT2D eigenvalue weighted by atomic mass is 19.1. The van der Waals surface area contributed by atoms with Crippen molar-refractivity contribution in [2.45, 2.75) is 12.1 Å². The van der Waals surface area contributed by atoms with Crippen LogP contribution in [-0.4, -0.2) is 10.6 Å². The maximum absolute atomic E-state index is 13.3. The SMILES string of the molecule is Nc1cc(C2=CC=CC(N)(Cc3cccc(F)c3)N2)ccn1. The molecule has 112 valence electrons. The van der Waals surface area contributed by atoms with Gasteiger partial charge in [0.1, 0.15) is 17.3 Å². The summed E-state index contributed by atoms with van der Waals surface area (Å²) >= 11 is 0. The smallest absolute Gasteiger partial charge is 0.123 e. The molecule has 4 nitrogen and oxygen atoms in total. The third-order valence-electron chi connectivity index (χ3n) is 3.50. The van der Waals surface area contributed by atoms with Gasteiger partial charge in [-0.05, 0) is 42.0 Å². The summed E-state index contributed by atoms with van der Waals surface area (Å²) in [7, 11) is 0. The normalized spacial score (nSPS) is 20.4. The number of nitrogens with two attached hydrogens (primary N) is 2. The van der Waals surface area contributed by atoms with Crippen molar-refractivity contribution >= 4 is 11.5 Å². The Morgan fingerprint density at radius 3 is 2.86 bits per heavy atom. The number of nitrogens with zero attached hydrogens (tertiary/aromatic N) is 1. The van der Waals surface area contributed by atoms with E-state index in [0.29, 0.717) is 12.2 Å². The number of benzene rings is 1. The van der Waals surface area contributed by atoms with Gasteiger partial charge in [0.15, 0.2) is 0 Å². The molecule has 5 N–H and O–H groups in total. The molecule has 0 aliphatic carbocycles. The minimum Gasteiger partial charge on any atom is -0.384 e. The molecular weight excluding hydrogens is 279 g/mol. The first-order chi connectivity index (χ1) is 10.5. The van der Waals surface area contributed by atoms with Crippen LogP contribution in [0.5, 0.6) is 0 Å². The molecule has 22 heavy (non-hydrogen) atoms. The molecule has 2 aromatic rings. The maximum atomic E-state index is 13.3.